The van der Waals surface area contributed by atoms with Crippen LogP contribution >= 0.6 is 23.2 Å². The van der Waals surface area contributed by atoms with Crippen molar-refractivity contribution < 1.29 is 0 Å². The largest absolute Gasteiger partial charge is 0.302 e. The highest BCUT2D eigenvalue weighted by atomic mass is 35.5. The van der Waals surface area contributed by atoms with E-state index in [2.05, 4.69) is 11.9 Å². The maximum atomic E-state index is 6.26. The molecule has 0 N–H and O–H groups in total. The van der Waals surface area contributed by atoms with Gasteiger partial charge in [-0.3, -0.25) is 0 Å². The van der Waals surface area contributed by atoms with Crippen LogP contribution in [0.2, 0.25) is 10.0 Å². The van der Waals surface area contributed by atoms with E-state index in [4.69, 9.17) is 23.2 Å². The summed E-state index contributed by atoms with van der Waals surface area (Å²) >= 11 is 12.4. The maximum Gasteiger partial charge on any atom is 0.0485 e. The molecule has 1 aliphatic heterocycles. The van der Waals surface area contributed by atoms with Crippen LogP contribution in [0, 0.1) is 6.92 Å². The molecule has 0 spiro atoms. The molecular formula is C11H13Cl2N. The van der Waals surface area contributed by atoms with E-state index in [-0.39, 0.29) is 0 Å². The van der Waals surface area contributed by atoms with Crippen molar-refractivity contribution >= 4 is 23.2 Å². The number of benzene rings is 1. The van der Waals surface area contributed by atoms with Gasteiger partial charge in [-0.25, -0.2) is 0 Å². The van der Waals surface area contributed by atoms with E-state index in [0.717, 1.165) is 35.1 Å². The van der Waals surface area contributed by atoms with Crippen molar-refractivity contribution in [1.29, 1.82) is 0 Å². The van der Waals surface area contributed by atoms with Crippen molar-refractivity contribution in [3.8, 4) is 0 Å². The molecule has 0 aromatic heterocycles. The quantitative estimate of drug-likeness (QED) is 0.661. The summed E-state index contributed by atoms with van der Waals surface area (Å²) in [4.78, 5) is 2.28. The highest BCUT2D eigenvalue weighted by Gasteiger charge is 2.18. The molecule has 1 aromatic rings. The van der Waals surface area contributed by atoms with Crippen LogP contribution in [0.5, 0.6) is 0 Å². The summed E-state index contributed by atoms with van der Waals surface area (Å²) in [6.45, 7) is 4.01. The fourth-order valence-electron chi connectivity index (χ4n) is 1.90. The van der Waals surface area contributed by atoms with Crippen molar-refractivity contribution in [2.45, 2.75) is 19.9 Å². The molecule has 0 aliphatic carbocycles. The van der Waals surface area contributed by atoms with Crippen LogP contribution in [-0.4, -0.2) is 18.5 Å². The van der Waals surface area contributed by atoms with Crippen molar-refractivity contribution in [3.05, 3.63) is 32.8 Å². The Kier molecular flexibility index (Phi) is 2.74. The van der Waals surface area contributed by atoms with Crippen LogP contribution in [0.4, 0.5) is 0 Å². The van der Waals surface area contributed by atoms with Gasteiger partial charge in [-0.15, -0.1) is 0 Å². The van der Waals surface area contributed by atoms with E-state index in [1.165, 1.54) is 11.1 Å². The fraction of sp³-hybridized carbons (Fsp3) is 0.455. The molecule has 1 aromatic carbocycles. The highest BCUT2D eigenvalue weighted by molar-refractivity contribution is 6.36. The van der Waals surface area contributed by atoms with Gasteiger partial charge in [0.05, 0.1) is 0 Å². The Balaban J connectivity index is 2.54. The van der Waals surface area contributed by atoms with Crippen LogP contribution in [0.25, 0.3) is 0 Å². The lowest BCUT2D eigenvalue weighted by molar-refractivity contribution is 0.313. The van der Waals surface area contributed by atoms with Gasteiger partial charge in [-0.1, -0.05) is 23.2 Å². The predicted octanol–water partition coefficient (Wildman–Crippen LogP) is 3.29. The molecule has 0 atom stereocenters. The number of likely N-dealkylation sites (N-methyl/N-ethyl adjacent to an activating group) is 1. The smallest absolute Gasteiger partial charge is 0.0485 e. The number of hydrogen-bond donors (Lipinski definition) is 0. The first kappa shape index (κ1) is 10.3. The van der Waals surface area contributed by atoms with Gasteiger partial charge >= 0.3 is 0 Å². The summed E-state index contributed by atoms with van der Waals surface area (Å²) in [6, 6.07) is 2.05. The van der Waals surface area contributed by atoms with Gasteiger partial charge in [0.1, 0.15) is 0 Å². The van der Waals surface area contributed by atoms with Gasteiger partial charge in [0.25, 0.3) is 0 Å². The maximum absolute atomic E-state index is 6.26. The lowest BCUT2D eigenvalue weighted by Gasteiger charge is -2.26. The predicted molar refractivity (Wildman–Crippen MR) is 61.2 cm³/mol. The van der Waals surface area contributed by atoms with E-state index >= 15 is 0 Å². The Morgan fingerprint density at radius 2 is 2.07 bits per heavy atom. The summed E-state index contributed by atoms with van der Waals surface area (Å²) in [7, 11) is 2.12. The van der Waals surface area contributed by atoms with Crippen molar-refractivity contribution in [2.75, 3.05) is 13.6 Å². The number of halogens is 2. The summed E-state index contributed by atoms with van der Waals surface area (Å²) in [5, 5.41) is 1.64. The van der Waals surface area contributed by atoms with Gasteiger partial charge in [-0.2, -0.15) is 0 Å². The summed E-state index contributed by atoms with van der Waals surface area (Å²) in [5.74, 6) is 0. The van der Waals surface area contributed by atoms with Crippen molar-refractivity contribution in [2.24, 2.45) is 0 Å². The summed E-state index contributed by atoms with van der Waals surface area (Å²) in [6.07, 6.45) is 1.03. The second-order valence-electron chi connectivity index (χ2n) is 3.92. The minimum absolute atomic E-state index is 0.782. The SMILES string of the molecule is Cc1c(Cl)cc2c(c1Cl)CCN(C)C2. The third-order valence-corrected chi connectivity index (χ3v) is 3.73. The Bertz CT molecular complexity index is 374. The van der Waals surface area contributed by atoms with Crippen LogP contribution in [0.1, 0.15) is 16.7 Å². The van der Waals surface area contributed by atoms with Gasteiger partial charge in [-0.05, 0) is 43.1 Å². The molecule has 2 rings (SSSR count). The second kappa shape index (κ2) is 3.73. The third kappa shape index (κ3) is 1.65. The zero-order valence-electron chi connectivity index (χ0n) is 8.40. The minimum Gasteiger partial charge on any atom is -0.302 e. The Hall–Kier alpha value is -0.240. The molecule has 0 radical (unpaired) electrons. The highest BCUT2D eigenvalue weighted by Crippen LogP contribution is 2.33. The first-order valence-electron chi connectivity index (χ1n) is 4.74. The fourth-order valence-corrected chi connectivity index (χ4v) is 2.50. The van der Waals surface area contributed by atoms with Crippen LogP contribution < -0.4 is 0 Å². The lowest BCUT2D eigenvalue weighted by atomic mass is 9.98. The van der Waals surface area contributed by atoms with Gasteiger partial charge in [0.2, 0.25) is 0 Å². The van der Waals surface area contributed by atoms with E-state index in [1.54, 1.807) is 0 Å². The number of nitrogens with zero attached hydrogens (tertiary/aromatic N) is 1. The first-order chi connectivity index (χ1) is 6.59. The van der Waals surface area contributed by atoms with Crippen LogP contribution in [0.15, 0.2) is 6.07 Å². The Morgan fingerprint density at radius 1 is 1.36 bits per heavy atom. The molecule has 0 amide bonds. The molecule has 0 saturated carbocycles. The average molecular weight is 230 g/mol. The molecule has 3 heteroatoms. The topological polar surface area (TPSA) is 3.24 Å². The van der Waals surface area contributed by atoms with Crippen LogP contribution in [-0.2, 0) is 13.0 Å². The lowest BCUT2D eigenvalue weighted by Crippen LogP contribution is -2.26. The molecule has 76 valence electrons. The van der Waals surface area contributed by atoms with Gasteiger partial charge in [0, 0.05) is 23.1 Å². The molecule has 0 fully saturated rings. The van der Waals surface area contributed by atoms with E-state index in [0.29, 0.717) is 0 Å². The zero-order valence-corrected chi connectivity index (χ0v) is 9.91. The number of fused-ring (bicyclic) bond motifs is 1. The molecule has 0 bridgehead atoms. The summed E-state index contributed by atoms with van der Waals surface area (Å²) in [5.41, 5.74) is 3.57. The summed E-state index contributed by atoms with van der Waals surface area (Å²) < 4.78 is 0. The van der Waals surface area contributed by atoms with E-state index in [9.17, 15) is 0 Å². The van der Waals surface area contributed by atoms with Crippen molar-refractivity contribution in [1.82, 2.24) is 4.90 Å². The molecule has 1 aliphatic rings. The monoisotopic (exact) mass is 229 g/mol. The second-order valence-corrected chi connectivity index (χ2v) is 4.71. The molecule has 1 nitrogen and oxygen atoms in total. The number of hydrogen-bond acceptors (Lipinski definition) is 1. The third-order valence-electron chi connectivity index (χ3n) is 2.82. The van der Waals surface area contributed by atoms with Crippen molar-refractivity contribution in [3.63, 3.8) is 0 Å². The average Bonchev–Trinajstić information content (AvgIpc) is 2.14. The van der Waals surface area contributed by atoms with E-state index < -0.39 is 0 Å². The molecule has 1 heterocycles. The molecular weight excluding hydrogens is 217 g/mol. The van der Waals surface area contributed by atoms with Gasteiger partial charge < -0.3 is 4.90 Å². The first-order valence-corrected chi connectivity index (χ1v) is 5.50. The number of rotatable bonds is 0. The zero-order chi connectivity index (χ0) is 10.3. The standard InChI is InChI=1S/C11H13Cl2N/c1-7-10(12)5-8-6-14(2)4-3-9(8)11(7)13/h5H,3-4,6H2,1-2H3. The minimum atomic E-state index is 0.782. The van der Waals surface area contributed by atoms with Crippen LogP contribution in [0.3, 0.4) is 0 Å². The molecule has 0 unspecified atom stereocenters. The molecule has 14 heavy (non-hydrogen) atoms. The van der Waals surface area contributed by atoms with Gasteiger partial charge in [0.15, 0.2) is 0 Å². The Morgan fingerprint density at radius 3 is 2.79 bits per heavy atom. The normalized spacial score (nSPS) is 16.9. The molecule has 0 saturated heterocycles. The Labute approximate surface area is 94.6 Å². The van der Waals surface area contributed by atoms with E-state index in [1.807, 2.05) is 13.0 Å².